The molecule has 0 atom stereocenters. The smallest absolute Gasteiger partial charge is 0.115 e. The first-order valence-electron chi connectivity index (χ1n) is 5.52. The summed E-state index contributed by atoms with van der Waals surface area (Å²) in [6, 6.07) is 6.04. The van der Waals surface area contributed by atoms with Crippen LogP contribution in [0.25, 0.3) is 0 Å². The van der Waals surface area contributed by atoms with Gasteiger partial charge < -0.3 is 15.7 Å². The van der Waals surface area contributed by atoms with Crippen LogP contribution in [0.15, 0.2) is 18.2 Å². The summed E-state index contributed by atoms with van der Waals surface area (Å²) in [4.78, 5) is 0. The molecular weight excluding hydrogens is 188 g/mol. The SMILES string of the molecule is Cc1cc(O)ccc1NC1CCNCC1. The van der Waals surface area contributed by atoms with Gasteiger partial charge in [0.25, 0.3) is 0 Å². The maximum absolute atomic E-state index is 9.31. The highest BCUT2D eigenvalue weighted by Gasteiger charge is 2.13. The lowest BCUT2D eigenvalue weighted by Gasteiger charge is -2.25. The van der Waals surface area contributed by atoms with Crippen molar-refractivity contribution in [2.45, 2.75) is 25.8 Å². The molecule has 0 bridgehead atoms. The highest BCUT2D eigenvalue weighted by Crippen LogP contribution is 2.22. The van der Waals surface area contributed by atoms with Crippen LogP contribution in [0, 0.1) is 6.92 Å². The topological polar surface area (TPSA) is 44.3 Å². The van der Waals surface area contributed by atoms with Gasteiger partial charge in [-0.05, 0) is 56.6 Å². The highest BCUT2D eigenvalue weighted by molar-refractivity contribution is 5.53. The first kappa shape index (κ1) is 10.3. The fourth-order valence-corrected chi connectivity index (χ4v) is 2.00. The highest BCUT2D eigenvalue weighted by atomic mass is 16.3. The lowest BCUT2D eigenvalue weighted by Crippen LogP contribution is -2.35. The second kappa shape index (κ2) is 4.53. The molecule has 0 spiro atoms. The van der Waals surface area contributed by atoms with Crippen LogP contribution in [-0.2, 0) is 0 Å². The van der Waals surface area contributed by atoms with Crippen molar-refractivity contribution in [1.82, 2.24) is 5.32 Å². The molecule has 0 saturated carbocycles. The van der Waals surface area contributed by atoms with E-state index in [1.807, 2.05) is 13.0 Å². The predicted molar refractivity (Wildman–Crippen MR) is 62.4 cm³/mol. The van der Waals surface area contributed by atoms with Gasteiger partial charge in [-0.2, -0.15) is 0 Å². The average Bonchev–Trinajstić information content (AvgIpc) is 2.24. The van der Waals surface area contributed by atoms with Gasteiger partial charge in [0.05, 0.1) is 0 Å². The Bertz CT molecular complexity index is 332. The molecule has 15 heavy (non-hydrogen) atoms. The number of rotatable bonds is 2. The van der Waals surface area contributed by atoms with Crippen molar-refractivity contribution >= 4 is 5.69 Å². The molecule has 1 aliphatic rings. The van der Waals surface area contributed by atoms with E-state index in [2.05, 4.69) is 10.6 Å². The summed E-state index contributed by atoms with van der Waals surface area (Å²) in [6.07, 6.45) is 2.33. The number of hydrogen-bond acceptors (Lipinski definition) is 3. The Hall–Kier alpha value is -1.22. The number of phenolic OH excluding ortho intramolecular Hbond substituents is 1. The molecule has 0 amide bonds. The number of anilines is 1. The standard InChI is InChI=1S/C12H18N2O/c1-9-8-11(15)2-3-12(9)14-10-4-6-13-7-5-10/h2-3,8,10,13-15H,4-7H2,1H3. The van der Waals surface area contributed by atoms with Crippen molar-refractivity contribution in [3.05, 3.63) is 23.8 Å². The van der Waals surface area contributed by atoms with Gasteiger partial charge in [0.2, 0.25) is 0 Å². The number of piperidine rings is 1. The number of hydrogen-bond donors (Lipinski definition) is 3. The van der Waals surface area contributed by atoms with Gasteiger partial charge in [0, 0.05) is 11.7 Å². The van der Waals surface area contributed by atoms with E-state index in [1.54, 1.807) is 12.1 Å². The zero-order chi connectivity index (χ0) is 10.7. The molecule has 82 valence electrons. The van der Waals surface area contributed by atoms with Crippen LogP contribution in [0.4, 0.5) is 5.69 Å². The summed E-state index contributed by atoms with van der Waals surface area (Å²) >= 11 is 0. The first-order chi connectivity index (χ1) is 7.25. The molecule has 3 nitrogen and oxygen atoms in total. The Kier molecular flexibility index (Phi) is 3.11. The molecule has 1 heterocycles. The Balaban J connectivity index is 2.03. The van der Waals surface area contributed by atoms with Gasteiger partial charge in [-0.15, -0.1) is 0 Å². The largest absolute Gasteiger partial charge is 0.508 e. The minimum absolute atomic E-state index is 0.336. The molecule has 2 rings (SSSR count). The maximum atomic E-state index is 9.31. The molecule has 1 aromatic rings. The van der Waals surface area contributed by atoms with Gasteiger partial charge >= 0.3 is 0 Å². The van der Waals surface area contributed by atoms with Crippen LogP contribution in [0.1, 0.15) is 18.4 Å². The first-order valence-corrected chi connectivity index (χ1v) is 5.52. The predicted octanol–water partition coefficient (Wildman–Crippen LogP) is 1.86. The maximum Gasteiger partial charge on any atom is 0.115 e. The number of benzene rings is 1. The van der Waals surface area contributed by atoms with Gasteiger partial charge in [-0.25, -0.2) is 0 Å². The van der Waals surface area contributed by atoms with E-state index in [1.165, 1.54) is 12.8 Å². The lowest BCUT2D eigenvalue weighted by molar-refractivity contribution is 0.473. The monoisotopic (exact) mass is 206 g/mol. The third-order valence-corrected chi connectivity index (χ3v) is 2.91. The molecule has 0 aromatic heterocycles. The molecule has 1 saturated heterocycles. The summed E-state index contributed by atoms with van der Waals surface area (Å²) in [5.74, 6) is 0.336. The quantitative estimate of drug-likeness (QED) is 0.647. The molecular formula is C12H18N2O. The number of aryl methyl sites for hydroxylation is 1. The Labute approximate surface area is 90.5 Å². The van der Waals surface area contributed by atoms with Crippen molar-refractivity contribution in [3.63, 3.8) is 0 Å². The summed E-state index contributed by atoms with van der Waals surface area (Å²) in [5.41, 5.74) is 2.24. The van der Waals surface area contributed by atoms with E-state index >= 15 is 0 Å². The molecule has 0 radical (unpaired) electrons. The van der Waals surface area contributed by atoms with E-state index in [4.69, 9.17) is 0 Å². The molecule has 0 unspecified atom stereocenters. The van der Waals surface area contributed by atoms with Gasteiger partial charge in [0.15, 0.2) is 0 Å². The van der Waals surface area contributed by atoms with E-state index in [-0.39, 0.29) is 0 Å². The average molecular weight is 206 g/mol. The van der Waals surface area contributed by atoms with Gasteiger partial charge in [-0.1, -0.05) is 0 Å². The third-order valence-electron chi connectivity index (χ3n) is 2.91. The second-order valence-electron chi connectivity index (χ2n) is 4.17. The fraction of sp³-hybridized carbons (Fsp3) is 0.500. The minimum Gasteiger partial charge on any atom is -0.508 e. The molecule has 1 aromatic carbocycles. The van der Waals surface area contributed by atoms with E-state index in [9.17, 15) is 5.11 Å². The van der Waals surface area contributed by atoms with Gasteiger partial charge in [-0.3, -0.25) is 0 Å². The molecule has 1 fully saturated rings. The fourth-order valence-electron chi connectivity index (χ4n) is 2.00. The zero-order valence-corrected chi connectivity index (χ0v) is 9.09. The van der Waals surface area contributed by atoms with E-state index in [0.29, 0.717) is 11.8 Å². The summed E-state index contributed by atoms with van der Waals surface area (Å²) < 4.78 is 0. The normalized spacial score (nSPS) is 17.7. The van der Waals surface area contributed by atoms with Crippen LogP contribution < -0.4 is 10.6 Å². The third kappa shape index (κ3) is 2.63. The van der Waals surface area contributed by atoms with E-state index in [0.717, 1.165) is 24.3 Å². The van der Waals surface area contributed by atoms with Crippen molar-refractivity contribution in [3.8, 4) is 5.75 Å². The number of nitrogens with one attached hydrogen (secondary N) is 2. The van der Waals surface area contributed by atoms with Crippen molar-refractivity contribution in [1.29, 1.82) is 0 Å². The Morgan fingerprint density at radius 2 is 2.07 bits per heavy atom. The van der Waals surface area contributed by atoms with Crippen molar-refractivity contribution < 1.29 is 5.11 Å². The van der Waals surface area contributed by atoms with Crippen LogP contribution >= 0.6 is 0 Å². The van der Waals surface area contributed by atoms with E-state index < -0.39 is 0 Å². The van der Waals surface area contributed by atoms with Crippen LogP contribution in [-0.4, -0.2) is 24.2 Å². The molecule has 1 aliphatic heterocycles. The number of phenols is 1. The second-order valence-corrected chi connectivity index (χ2v) is 4.17. The van der Waals surface area contributed by atoms with Crippen molar-refractivity contribution in [2.75, 3.05) is 18.4 Å². The van der Waals surface area contributed by atoms with Gasteiger partial charge in [0.1, 0.15) is 5.75 Å². The Morgan fingerprint density at radius 3 is 2.73 bits per heavy atom. The Morgan fingerprint density at radius 1 is 1.33 bits per heavy atom. The molecule has 0 aliphatic carbocycles. The molecule has 3 N–H and O–H groups in total. The summed E-state index contributed by atoms with van der Waals surface area (Å²) in [7, 11) is 0. The van der Waals surface area contributed by atoms with Crippen LogP contribution in [0.3, 0.4) is 0 Å². The minimum atomic E-state index is 0.336. The van der Waals surface area contributed by atoms with Crippen LogP contribution in [0.5, 0.6) is 5.75 Å². The zero-order valence-electron chi connectivity index (χ0n) is 9.09. The summed E-state index contributed by atoms with van der Waals surface area (Å²) in [5, 5.41) is 16.2. The summed E-state index contributed by atoms with van der Waals surface area (Å²) in [6.45, 7) is 4.20. The van der Waals surface area contributed by atoms with Crippen LogP contribution in [0.2, 0.25) is 0 Å². The number of aromatic hydroxyl groups is 1. The lowest BCUT2D eigenvalue weighted by atomic mass is 10.1. The van der Waals surface area contributed by atoms with Crippen molar-refractivity contribution in [2.24, 2.45) is 0 Å². The molecule has 3 heteroatoms.